The van der Waals surface area contributed by atoms with E-state index in [0.29, 0.717) is 6.42 Å². The quantitative estimate of drug-likeness (QED) is 0.746. The van der Waals surface area contributed by atoms with E-state index in [1.807, 2.05) is 26.1 Å². The Labute approximate surface area is 91.1 Å². The summed E-state index contributed by atoms with van der Waals surface area (Å²) in [6.07, 6.45) is 0.593. The summed E-state index contributed by atoms with van der Waals surface area (Å²) in [5.41, 5.74) is 0. The molecule has 1 aromatic rings. The predicted octanol–water partition coefficient (Wildman–Crippen LogP) is 2.39. The van der Waals surface area contributed by atoms with Gasteiger partial charge in [-0.15, -0.1) is 0 Å². The van der Waals surface area contributed by atoms with Crippen molar-refractivity contribution in [3.63, 3.8) is 0 Å². The third kappa shape index (κ3) is 3.88. The molecule has 0 radical (unpaired) electrons. The smallest absolute Gasteiger partial charge is 0.131 e. The Morgan fingerprint density at radius 2 is 2.20 bits per heavy atom. The fourth-order valence-electron chi connectivity index (χ4n) is 1.54. The normalized spacial score (nSPS) is 13.1. The zero-order valence-electron chi connectivity index (χ0n) is 9.91. The number of furan rings is 1. The van der Waals surface area contributed by atoms with E-state index in [2.05, 4.69) is 11.8 Å². The lowest BCUT2D eigenvalue weighted by Gasteiger charge is -2.22. The summed E-state index contributed by atoms with van der Waals surface area (Å²) >= 11 is 0. The zero-order chi connectivity index (χ0) is 11.4. The van der Waals surface area contributed by atoms with Gasteiger partial charge in [-0.1, -0.05) is 0 Å². The van der Waals surface area contributed by atoms with Gasteiger partial charge in [0.2, 0.25) is 0 Å². The van der Waals surface area contributed by atoms with Gasteiger partial charge in [0.1, 0.15) is 17.3 Å². The van der Waals surface area contributed by atoms with Crippen LogP contribution in [-0.2, 0) is 11.3 Å². The first-order chi connectivity index (χ1) is 6.99. The fourth-order valence-corrected chi connectivity index (χ4v) is 1.54. The van der Waals surface area contributed by atoms with Gasteiger partial charge in [0.15, 0.2) is 0 Å². The average molecular weight is 209 g/mol. The maximum atomic E-state index is 11.0. The van der Waals surface area contributed by atoms with Crippen molar-refractivity contribution < 1.29 is 9.21 Å². The van der Waals surface area contributed by atoms with E-state index in [-0.39, 0.29) is 11.8 Å². The van der Waals surface area contributed by atoms with Gasteiger partial charge in [-0.05, 0) is 40.0 Å². The molecule has 3 heteroatoms. The van der Waals surface area contributed by atoms with Gasteiger partial charge in [-0.25, -0.2) is 0 Å². The summed E-state index contributed by atoms with van der Waals surface area (Å²) in [5.74, 6) is 2.10. The van der Waals surface area contributed by atoms with Gasteiger partial charge in [0.05, 0.1) is 6.54 Å². The number of carbonyl (C=O) groups excluding carboxylic acids is 1. The summed E-state index contributed by atoms with van der Waals surface area (Å²) in [7, 11) is 2.01. The van der Waals surface area contributed by atoms with E-state index < -0.39 is 0 Å². The summed E-state index contributed by atoms with van der Waals surface area (Å²) in [6, 6.07) is 4.19. The molecule has 0 fully saturated rings. The number of Topliss-reactive ketones (excluding diaryl/α,β-unsaturated/α-hetero) is 1. The highest BCUT2D eigenvalue weighted by molar-refractivity contribution is 5.76. The summed E-state index contributed by atoms with van der Waals surface area (Å²) in [4.78, 5) is 13.1. The van der Waals surface area contributed by atoms with Crippen molar-refractivity contribution in [3.05, 3.63) is 23.7 Å². The number of carbonyl (C=O) groups is 1. The molecule has 3 nitrogen and oxygen atoms in total. The van der Waals surface area contributed by atoms with E-state index in [1.54, 1.807) is 6.92 Å². The molecule has 0 aromatic carbocycles. The molecule has 0 saturated heterocycles. The molecule has 0 aliphatic rings. The Bertz CT molecular complexity index is 330. The lowest BCUT2D eigenvalue weighted by atomic mass is 10.1. The van der Waals surface area contributed by atoms with Crippen LogP contribution in [0.1, 0.15) is 31.8 Å². The molecule has 0 aliphatic carbocycles. The molecule has 1 heterocycles. The van der Waals surface area contributed by atoms with Crippen molar-refractivity contribution in [2.45, 2.75) is 39.8 Å². The van der Waals surface area contributed by atoms with Crippen molar-refractivity contribution in [3.8, 4) is 0 Å². The molecular formula is C12H19NO2. The van der Waals surface area contributed by atoms with Crippen molar-refractivity contribution in [1.82, 2.24) is 4.90 Å². The van der Waals surface area contributed by atoms with E-state index in [4.69, 9.17) is 4.42 Å². The molecule has 1 unspecified atom stereocenters. The highest BCUT2D eigenvalue weighted by Crippen LogP contribution is 2.11. The Hall–Kier alpha value is -1.09. The molecule has 1 atom stereocenters. The van der Waals surface area contributed by atoms with Crippen molar-refractivity contribution in [1.29, 1.82) is 0 Å². The molecule has 0 saturated carbocycles. The van der Waals surface area contributed by atoms with E-state index >= 15 is 0 Å². The molecule has 0 bridgehead atoms. The van der Waals surface area contributed by atoms with Crippen LogP contribution in [0.3, 0.4) is 0 Å². The first-order valence-corrected chi connectivity index (χ1v) is 5.24. The molecule has 0 aliphatic heterocycles. The largest absolute Gasteiger partial charge is 0.465 e. The number of nitrogens with zero attached hydrogens (tertiary/aromatic N) is 1. The minimum atomic E-state index is 0.227. The molecule has 1 aromatic heterocycles. The van der Waals surface area contributed by atoms with Crippen LogP contribution in [-0.4, -0.2) is 23.8 Å². The molecular weight excluding hydrogens is 190 g/mol. The Kier molecular flexibility index (Phi) is 4.09. The zero-order valence-corrected chi connectivity index (χ0v) is 9.91. The monoisotopic (exact) mass is 209 g/mol. The standard InChI is InChI=1S/C12H19NO2/c1-9(7-10(2)14)13(4)8-12-6-5-11(3)15-12/h5-6,9H,7-8H2,1-4H3. The minimum Gasteiger partial charge on any atom is -0.465 e. The second kappa shape index (κ2) is 5.12. The van der Waals surface area contributed by atoms with Crippen LogP contribution in [0.4, 0.5) is 0 Å². The van der Waals surface area contributed by atoms with Gasteiger partial charge >= 0.3 is 0 Å². The van der Waals surface area contributed by atoms with E-state index in [1.165, 1.54) is 0 Å². The number of hydrogen-bond donors (Lipinski definition) is 0. The predicted molar refractivity (Wildman–Crippen MR) is 59.7 cm³/mol. The highest BCUT2D eigenvalue weighted by Gasteiger charge is 2.12. The van der Waals surface area contributed by atoms with E-state index in [9.17, 15) is 4.79 Å². The van der Waals surface area contributed by atoms with Crippen LogP contribution in [0.5, 0.6) is 0 Å². The van der Waals surface area contributed by atoms with Gasteiger partial charge in [0, 0.05) is 12.5 Å². The number of hydrogen-bond acceptors (Lipinski definition) is 3. The number of ketones is 1. The van der Waals surface area contributed by atoms with Crippen molar-refractivity contribution in [2.75, 3.05) is 7.05 Å². The van der Waals surface area contributed by atoms with Crippen LogP contribution >= 0.6 is 0 Å². The minimum absolute atomic E-state index is 0.227. The second-order valence-corrected chi connectivity index (χ2v) is 4.18. The Morgan fingerprint density at radius 1 is 1.53 bits per heavy atom. The Balaban J connectivity index is 2.47. The van der Waals surface area contributed by atoms with E-state index in [0.717, 1.165) is 18.1 Å². The first kappa shape index (κ1) is 12.0. The number of aryl methyl sites for hydroxylation is 1. The van der Waals surface area contributed by atoms with Crippen LogP contribution < -0.4 is 0 Å². The third-order valence-electron chi connectivity index (χ3n) is 2.54. The second-order valence-electron chi connectivity index (χ2n) is 4.18. The molecule has 84 valence electrons. The van der Waals surface area contributed by atoms with Crippen molar-refractivity contribution in [2.24, 2.45) is 0 Å². The summed E-state index contributed by atoms with van der Waals surface area (Å²) < 4.78 is 5.48. The maximum absolute atomic E-state index is 11.0. The number of rotatable bonds is 5. The maximum Gasteiger partial charge on any atom is 0.131 e. The van der Waals surface area contributed by atoms with Gasteiger partial charge in [0.25, 0.3) is 0 Å². The first-order valence-electron chi connectivity index (χ1n) is 5.24. The molecule has 0 N–H and O–H groups in total. The lowest BCUT2D eigenvalue weighted by molar-refractivity contribution is -0.118. The van der Waals surface area contributed by atoms with Crippen LogP contribution in [0.15, 0.2) is 16.5 Å². The fraction of sp³-hybridized carbons (Fsp3) is 0.583. The SMILES string of the molecule is CC(=O)CC(C)N(C)Cc1ccc(C)o1. The molecule has 0 amide bonds. The van der Waals surface area contributed by atoms with Crippen LogP contribution in [0, 0.1) is 6.92 Å². The summed E-state index contributed by atoms with van der Waals surface area (Å²) in [5, 5.41) is 0. The molecule has 15 heavy (non-hydrogen) atoms. The molecule has 1 rings (SSSR count). The lowest BCUT2D eigenvalue weighted by Crippen LogP contribution is -2.30. The third-order valence-corrected chi connectivity index (χ3v) is 2.54. The topological polar surface area (TPSA) is 33.5 Å². The average Bonchev–Trinajstić information content (AvgIpc) is 2.50. The van der Waals surface area contributed by atoms with Gasteiger partial charge in [-0.3, -0.25) is 9.69 Å². The van der Waals surface area contributed by atoms with Gasteiger partial charge < -0.3 is 4.42 Å². The Morgan fingerprint density at radius 3 is 2.67 bits per heavy atom. The van der Waals surface area contributed by atoms with Crippen LogP contribution in [0.2, 0.25) is 0 Å². The summed E-state index contributed by atoms with van der Waals surface area (Å²) in [6.45, 7) is 6.36. The highest BCUT2D eigenvalue weighted by atomic mass is 16.3. The molecule has 0 spiro atoms. The van der Waals surface area contributed by atoms with Gasteiger partial charge in [-0.2, -0.15) is 0 Å². The van der Waals surface area contributed by atoms with Crippen LogP contribution in [0.25, 0.3) is 0 Å². The van der Waals surface area contributed by atoms with Crippen molar-refractivity contribution >= 4 is 5.78 Å².